The Hall–Kier alpha value is -2.01. The Balaban J connectivity index is 5.44. The molecule has 0 N–H and O–H groups in total. The van der Waals surface area contributed by atoms with E-state index in [1.807, 2.05) is 0 Å². The van der Waals surface area contributed by atoms with Crippen molar-refractivity contribution < 1.29 is 0 Å². The van der Waals surface area contributed by atoms with Gasteiger partial charge in [-0.15, -0.1) is 53.4 Å². The Morgan fingerprint density at radius 1 is 0.647 bits per heavy atom. The molecule has 0 nitrogen and oxygen atoms in total. The van der Waals surface area contributed by atoms with Crippen molar-refractivity contribution in [3.8, 4) is 59.2 Å². The SMILES string of the molecule is C#CB(C#CC)B(C#CC)B(C#CC)C#CC. The summed E-state index contributed by atoms with van der Waals surface area (Å²) in [7, 11) is 0. The van der Waals surface area contributed by atoms with Crippen LogP contribution in [0.2, 0.25) is 0 Å². The zero-order valence-electron chi connectivity index (χ0n) is 10.8. The van der Waals surface area contributed by atoms with E-state index in [4.69, 9.17) is 6.42 Å². The lowest BCUT2D eigenvalue weighted by molar-refractivity contribution is 1.92. The van der Waals surface area contributed by atoms with Gasteiger partial charge in [0.2, 0.25) is 6.49 Å². The van der Waals surface area contributed by atoms with Crippen LogP contribution in [-0.4, -0.2) is 19.7 Å². The highest BCUT2D eigenvalue weighted by molar-refractivity contribution is 7.59. The molecule has 0 aliphatic carbocycles. The summed E-state index contributed by atoms with van der Waals surface area (Å²) in [5.74, 6) is 26.3. The van der Waals surface area contributed by atoms with Crippen LogP contribution in [0.1, 0.15) is 27.7 Å². The van der Waals surface area contributed by atoms with E-state index < -0.39 is 0 Å². The van der Waals surface area contributed by atoms with Crippen LogP contribution < -0.4 is 0 Å². The van der Waals surface area contributed by atoms with Crippen molar-refractivity contribution in [3.63, 3.8) is 0 Å². The van der Waals surface area contributed by atoms with Gasteiger partial charge in [0.05, 0.1) is 0 Å². The zero-order valence-corrected chi connectivity index (χ0v) is 10.8. The molecule has 0 saturated heterocycles. The third-order valence-corrected chi connectivity index (χ3v) is 2.11. The van der Waals surface area contributed by atoms with Crippen LogP contribution in [0.4, 0.5) is 0 Å². The minimum atomic E-state index is -0.223. The van der Waals surface area contributed by atoms with Gasteiger partial charge in [-0.25, -0.2) is 0 Å². The molecule has 0 bridgehead atoms. The van der Waals surface area contributed by atoms with Crippen molar-refractivity contribution >= 4 is 19.7 Å². The molecule has 0 amide bonds. The van der Waals surface area contributed by atoms with Gasteiger partial charge in [-0.05, 0) is 27.7 Å². The van der Waals surface area contributed by atoms with Crippen LogP contribution in [-0.2, 0) is 0 Å². The smallest absolute Gasteiger partial charge is 0.168 e. The van der Waals surface area contributed by atoms with Crippen molar-refractivity contribution in [2.24, 2.45) is 0 Å². The molecule has 0 rings (SSSR count). The number of hydrogen-bond donors (Lipinski definition) is 0. The van der Waals surface area contributed by atoms with E-state index in [0.29, 0.717) is 0 Å². The van der Waals surface area contributed by atoms with Gasteiger partial charge in [-0.1, -0.05) is 0 Å². The van der Waals surface area contributed by atoms with Crippen molar-refractivity contribution in [3.05, 3.63) is 0 Å². The molecule has 0 aromatic carbocycles. The number of terminal acetylenes is 1. The predicted octanol–water partition coefficient (Wildman–Crippen LogP) is 1.05. The number of rotatable bonds is 2. The van der Waals surface area contributed by atoms with Gasteiger partial charge < -0.3 is 0 Å². The third kappa shape index (κ3) is 5.04. The maximum absolute atomic E-state index is 5.50. The lowest BCUT2D eigenvalue weighted by atomic mass is 8.89. The van der Waals surface area contributed by atoms with Gasteiger partial charge >= 0.3 is 0 Å². The van der Waals surface area contributed by atoms with Crippen LogP contribution in [0, 0.1) is 59.2 Å². The van der Waals surface area contributed by atoms with Crippen molar-refractivity contribution in [1.82, 2.24) is 0 Å². The molecule has 0 aromatic rings. The Morgan fingerprint density at radius 3 is 1.41 bits per heavy atom. The molecule has 0 aliphatic rings. The topological polar surface area (TPSA) is 0 Å². The largest absolute Gasteiger partial charge is 0.292 e. The highest BCUT2D eigenvalue weighted by atomic mass is 13.6. The van der Waals surface area contributed by atoms with Crippen LogP contribution in [0.5, 0.6) is 0 Å². The van der Waals surface area contributed by atoms with E-state index >= 15 is 0 Å². The van der Waals surface area contributed by atoms with Gasteiger partial charge in [0, 0.05) is 0 Å². The van der Waals surface area contributed by atoms with Crippen LogP contribution in [0.3, 0.4) is 0 Å². The van der Waals surface area contributed by atoms with Crippen molar-refractivity contribution in [1.29, 1.82) is 0 Å². The summed E-state index contributed by atoms with van der Waals surface area (Å²) in [6.45, 7) is 6.66. The fourth-order valence-electron chi connectivity index (χ4n) is 1.44. The monoisotopic (exact) mass is 214 g/mol. The molecule has 0 atom stereocenters. The maximum Gasteiger partial charge on any atom is 0.292 e. The fourth-order valence-corrected chi connectivity index (χ4v) is 1.44. The average Bonchev–Trinajstić information content (AvgIpc) is 2.33. The summed E-state index contributed by atoms with van der Waals surface area (Å²) in [5, 5.41) is 0. The summed E-state index contributed by atoms with van der Waals surface area (Å²) in [6.07, 6.45) is 5.50. The van der Waals surface area contributed by atoms with Crippen molar-refractivity contribution in [2.75, 3.05) is 0 Å². The molecule has 0 heterocycles. The van der Waals surface area contributed by atoms with E-state index in [1.165, 1.54) is 0 Å². The molecule has 78 valence electrons. The molecular weight excluding hydrogens is 201 g/mol. The van der Waals surface area contributed by atoms with E-state index in [9.17, 15) is 0 Å². The summed E-state index contributed by atoms with van der Waals surface area (Å²) in [6, 6.07) is 0. The number of hydrogen-bond acceptors (Lipinski definition) is 0. The Bertz CT molecular complexity index is 503. The second-order valence-corrected chi connectivity index (χ2v) is 3.23. The Kier molecular flexibility index (Phi) is 8.15. The summed E-state index contributed by atoms with van der Waals surface area (Å²) in [5.41, 5.74) is 0. The normalized spacial score (nSPS) is 6.06. The lowest BCUT2D eigenvalue weighted by Gasteiger charge is -2.06. The second kappa shape index (κ2) is 9.24. The van der Waals surface area contributed by atoms with Crippen molar-refractivity contribution in [2.45, 2.75) is 27.7 Å². The highest BCUT2D eigenvalue weighted by Crippen LogP contribution is 1.95. The minimum Gasteiger partial charge on any atom is -0.168 e. The van der Waals surface area contributed by atoms with Gasteiger partial charge in [0.1, 0.15) is 0 Å². The maximum atomic E-state index is 5.50. The predicted molar refractivity (Wildman–Crippen MR) is 79.9 cm³/mol. The summed E-state index contributed by atoms with van der Waals surface area (Å²) >= 11 is 0. The van der Waals surface area contributed by atoms with Gasteiger partial charge in [0.15, 0.2) is 0 Å². The Labute approximate surface area is 107 Å². The Morgan fingerprint density at radius 2 is 1.06 bits per heavy atom. The molecule has 0 fully saturated rings. The first-order chi connectivity index (χ1) is 8.24. The highest BCUT2D eigenvalue weighted by Gasteiger charge is 2.35. The van der Waals surface area contributed by atoms with Crippen LogP contribution >= 0.6 is 0 Å². The first-order valence-corrected chi connectivity index (χ1v) is 5.40. The lowest BCUT2D eigenvalue weighted by Crippen LogP contribution is -2.46. The minimum absolute atomic E-state index is 0.114. The quantitative estimate of drug-likeness (QED) is 0.475. The first-order valence-electron chi connectivity index (χ1n) is 5.40. The first kappa shape index (κ1) is 15.0. The molecule has 0 spiro atoms. The van der Waals surface area contributed by atoms with Gasteiger partial charge in [-0.2, -0.15) is 5.82 Å². The summed E-state index contributed by atoms with van der Waals surface area (Å²) < 4.78 is 0. The summed E-state index contributed by atoms with van der Waals surface area (Å²) in [4.78, 5) is 0. The van der Waals surface area contributed by atoms with E-state index in [1.54, 1.807) is 27.7 Å². The second-order valence-electron chi connectivity index (χ2n) is 3.23. The van der Waals surface area contributed by atoms with E-state index in [0.717, 1.165) is 0 Å². The van der Waals surface area contributed by atoms with Gasteiger partial charge in [0.25, 0.3) is 13.2 Å². The standard InChI is InChI=1S/C14H13B3/c1-6-11-15(10-5)17(14-9-4)16(12-7-2)13-8-3/h5H,1-4H3. The molecule has 0 aromatic heterocycles. The molecule has 0 unspecified atom stereocenters. The average molecular weight is 214 g/mol. The molecule has 0 aliphatic heterocycles. The molecular formula is C14H13B3. The van der Waals surface area contributed by atoms with E-state index in [-0.39, 0.29) is 19.7 Å². The van der Waals surface area contributed by atoms with Crippen LogP contribution in [0.15, 0.2) is 0 Å². The molecule has 0 radical (unpaired) electrons. The molecule has 17 heavy (non-hydrogen) atoms. The van der Waals surface area contributed by atoms with E-state index in [2.05, 4.69) is 52.8 Å². The third-order valence-electron chi connectivity index (χ3n) is 2.11. The zero-order chi connectivity index (χ0) is 13.1. The van der Waals surface area contributed by atoms with Crippen LogP contribution in [0.25, 0.3) is 0 Å². The van der Waals surface area contributed by atoms with Gasteiger partial charge in [-0.3, -0.25) is 0 Å². The fraction of sp³-hybridized carbons (Fsp3) is 0.286. The molecule has 3 heteroatoms. The molecule has 0 saturated carbocycles.